The molecule has 12 rings (SSSR count). The normalized spacial score (nSPS) is 14.3. The Labute approximate surface area is 417 Å². The van der Waals surface area contributed by atoms with Gasteiger partial charge in [0, 0.05) is 6.20 Å². The fourth-order valence-corrected chi connectivity index (χ4v) is 11.9. The number of rotatable bonds is 7. The van der Waals surface area contributed by atoms with Gasteiger partial charge in [0.1, 0.15) is 0 Å². The topological polar surface area (TPSA) is 35.9 Å². The van der Waals surface area contributed by atoms with Crippen LogP contribution in [0.25, 0.3) is 91.6 Å². The van der Waals surface area contributed by atoms with Gasteiger partial charge in [0.2, 0.25) is 0 Å². The molecule has 12 aromatic rings. The minimum absolute atomic E-state index is 0.104. The van der Waals surface area contributed by atoms with E-state index in [0.717, 1.165) is 59.3 Å². The molecule has 0 spiro atoms. The number of pyridine rings is 1. The third-order valence-electron chi connectivity index (χ3n) is 12.7. The van der Waals surface area contributed by atoms with E-state index in [1.807, 2.05) is 59.3 Å². The number of hydrogen-bond acceptors (Lipinski definition) is 2. The van der Waals surface area contributed by atoms with Crippen LogP contribution in [0.5, 0.6) is 11.5 Å². The van der Waals surface area contributed by atoms with E-state index in [4.69, 9.17) is 17.9 Å². The van der Waals surface area contributed by atoms with E-state index in [9.17, 15) is 5.48 Å². The van der Waals surface area contributed by atoms with Gasteiger partial charge in [-0.05, 0) is 29.2 Å². The van der Waals surface area contributed by atoms with Gasteiger partial charge in [-0.3, -0.25) is 0 Å². The summed E-state index contributed by atoms with van der Waals surface area (Å²) in [7, 11) is 0. The zero-order chi connectivity index (χ0) is 55.0. The van der Waals surface area contributed by atoms with Crippen molar-refractivity contribution in [2.75, 3.05) is 0 Å². The number of para-hydroxylation sites is 2. The molecule has 0 saturated heterocycles. The molecule has 0 bridgehead atoms. The van der Waals surface area contributed by atoms with Crippen LogP contribution in [0.2, 0.25) is 0 Å². The Kier molecular flexibility index (Phi) is 7.63. The van der Waals surface area contributed by atoms with Gasteiger partial charge in [0.25, 0.3) is 0 Å². The summed E-state index contributed by atoms with van der Waals surface area (Å²) in [6.07, 6.45) is 5.54. The number of imidazole rings is 1. The van der Waals surface area contributed by atoms with E-state index in [-0.39, 0.29) is 47.9 Å². The van der Waals surface area contributed by atoms with Crippen LogP contribution >= 0.6 is 0 Å². The van der Waals surface area contributed by atoms with Crippen molar-refractivity contribution in [1.29, 1.82) is 0 Å². The summed E-state index contributed by atoms with van der Waals surface area (Å²) >= 11 is -0.217. The summed E-state index contributed by atoms with van der Waals surface area (Å²) < 4.78 is 104. The number of ether oxygens (including phenoxy) is 1. The summed E-state index contributed by atoms with van der Waals surface area (Å²) in [4.78, 5) is 4.89. The number of aromatic nitrogens is 4. The van der Waals surface area contributed by atoms with Crippen LogP contribution in [0, 0.1) is 6.33 Å². The number of nitrogens with zero attached hydrogens (tertiary/aromatic N) is 4. The summed E-state index contributed by atoms with van der Waals surface area (Å²) in [5.74, 6) is 1.95. The standard InChI is InChI=1S/C62H50N4OSe/c1-61(2,3)42-32-33-63-57(36-42)66-53-26-15-13-22-49(53)50-29-28-45(38-55(50)66)67-46-35-43(62(4,5)6)34-44(37-46)64-39-65(54-31-30-52-51-23-14-16-27-56(51)68-60(52)59(54)64)58-47(40-18-9-7-10-19-40)24-17-25-48(58)41-20-11-8-12-21-41/h7-38H,1-6H3/i7D,8D,9D,10D,11D,12D,18D,19D,20D,21D. The molecule has 8 aromatic carbocycles. The predicted molar refractivity (Wildman–Crippen MR) is 283 cm³/mol. The van der Waals surface area contributed by atoms with Crippen LogP contribution < -0.4 is 9.30 Å². The summed E-state index contributed by atoms with van der Waals surface area (Å²) in [5.41, 5.74) is 5.94. The molecule has 68 heavy (non-hydrogen) atoms. The average Bonchev–Trinajstić information content (AvgIpc) is 4.16. The van der Waals surface area contributed by atoms with Crippen molar-refractivity contribution < 1.29 is 23.0 Å². The fourth-order valence-electron chi connectivity index (χ4n) is 9.29. The summed E-state index contributed by atoms with van der Waals surface area (Å²) in [5, 5.41) is 4.28. The zero-order valence-electron chi connectivity index (χ0n) is 48.3. The maximum atomic E-state index is 9.25. The average molecular weight is 956 g/mol. The van der Waals surface area contributed by atoms with E-state index in [0.29, 0.717) is 22.7 Å². The Morgan fingerprint density at radius 1 is 0.588 bits per heavy atom. The molecule has 0 amide bonds. The third kappa shape index (κ3) is 7.15. The van der Waals surface area contributed by atoms with Gasteiger partial charge >= 0.3 is 339 Å². The molecule has 0 aliphatic rings. The second-order valence-corrected chi connectivity index (χ2v) is 21.3. The van der Waals surface area contributed by atoms with E-state index in [2.05, 4.69) is 113 Å². The van der Waals surface area contributed by atoms with Gasteiger partial charge in [-0.15, -0.1) is 0 Å². The molecule has 6 heteroatoms. The second kappa shape index (κ2) is 16.1. The Balaban J connectivity index is 1.14. The monoisotopic (exact) mass is 956 g/mol. The first-order chi connectivity index (χ1) is 37.1. The van der Waals surface area contributed by atoms with E-state index in [1.165, 1.54) is 4.26 Å². The fraction of sp³-hybridized carbons (Fsp3) is 0.129. The van der Waals surface area contributed by atoms with Crippen molar-refractivity contribution >= 4 is 66.6 Å². The van der Waals surface area contributed by atoms with Gasteiger partial charge in [-0.25, -0.2) is 4.98 Å². The van der Waals surface area contributed by atoms with E-state index < -0.39 is 65.8 Å². The molecule has 0 aliphatic carbocycles. The number of hydrogen-bond donors (Lipinski definition) is 0. The molecule has 0 radical (unpaired) electrons. The van der Waals surface area contributed by atoms with Crippen molar-refractivity contribution in [2.45, 2.75) is 52.4 Å². The van der Waals surface area contributed by atoms with Gasteiger partial charge in [-0.2, -0.15) is 0 Å². The molecule has 0 fully saturated rings. The molecule has 0 unspecified atom stereocenters. The van der Waals surface area contributed by atoms with Gasteiger partial charge < -0.3 is 0 Å². The SMILES string of the molecule is [2H]c1c([2H])c([2H])c(-c2cccc(-c3c([2H])c([2H])c([2H])c([2H])c3[2H])c2-[n+]2[c-]n(-c3cc(Oc4ccc5c6ccccc6n(-c6cc(C(C)(C)C)ccn6)c5c4)cc(C(C)(C)C)c3)c3c4[se]c5ccccc5c4ccc32)c([2H])c1[2H]. The van der Waals surface area contributed by atoms with Crippen molar-refractivity contribution in [1.82, 2.24) is 14.1 Å². The van der Waals surface area contributed by atoms with Crippen molar-refractivity contribution in [2.24, 2.45) is 0 Å². The first-order valence-electron chi connectivity index (χ1n) is 27.5. The number of fused-ring (bicyclic) bond motifs is 8. The van der Waals surface area contributed by atoms with Crippen molar-refractivity contribution in [3.63, 3.8) is 0 Å². The first-order valence-corrected chi connectivity index (χ1v) is 24.3. The van der Waals surface area contributed by atoms with Crippen LogP contribution in [0.4, 0.5) is 0 Å². The molecule has 4 heterocycles. The Bertz CT molecular complexity index is 4380. The van der Waals surface area contributed by atoms with Crippen LogP contribution in [0.15, 0.2) is 194 Å². The molecular formula is C62H50N4OSe. The first kappa shape index (κ1) is 32.2. The van der Waals surface area contributed by atoms with Crippen LogP contribution in [-0.4, -0.2) is 28.6 Å². The van der Waals surface area contributed by atoms with Crippen LogP contribution in [0.3, 0.4) is 0 Å². The quantitative estimate of drug-likeness (QED) is 0.0906. The summed E-state index contributed by atoms with van der Waals surface area (Å²) in [6.45, 7) is 13.0. The zero-order valence-corrected chi connectivity index (χ0v) is 40.0. The van der Waals surface area contributed by atoms with Crippen LogP contribution in [0.1, 0.15) is 66.4 Å². The second-order valence-electron chi connectivity index (χ2n) is 19.1. The Hall–Kier alpha value is -7.50. The number of benzene rings is 8. The summed E-state index contributed by atoms with van der Waals surface area (Å²) in [6, 6.07) is 36.8. The molecule has 0 saturated carbocycles. The molecular weight excluding hydrogens is 896 g/mol. The molecule has 0 N–H and O–H groups in total. The van der Waals surface area contributed by atoms with Gasteiger partial charge in [0.15, 0.2) is 0 Å². The molecule has 4 aromatic heterocycles. The molecule has 0 aliphatic heterocycles. The Morgan fingerprint density at radius 3 is 1.97 bits per heavy atom. The van der Waals surface area contributed by atoms with Crippen molar-refractivity contribution in [3.05, 3.63) is 211 Å². The third-order valence-corrected chi connectivity index (χ3v) is 15.2. The predicted octanol–water partition coefficient (Wildman–Crippen LogP) is 15.3. The molecule has 0 atom stereocenters. The minimum atomic E-state index is -0.563. The molecule has 5 nitrogen and oxygen atoms in total. The maximum absolute atomic E-state index is 9.25. The Morgan fingerprint density at radius 2 is 1.25 bits per heavy atom. The van der Waals surface area contributed by atoms with Gasteiger partial charge in [0.05, 0.1) is 0 Å². The van der Waals surface area contributed by atoms with Gasteiger partial charge in [-0.1, -0.05) is 39.0 Å². The molecule has 330 valence electrons. The van der Waals surface area contributed by atoms with Crippen LogP contribution in [-0.2, 0) is 10.8 Å². The van der Waals surface area contributed by atoms with E-state index in [1.54, 1.807) is 22.8 Å². The van der Waals surface area contributed by atoms with Crippen molar-refractivity contribution in [3.8, 4) is 50.9 Å². The van der Waals surface area contributed by atoms with E-state index >= 15 is 0 Å².